The van der Waals surface area contributed by atoms with Crippen LogP contribution in [-0.2, 0) is 22.6 Å². The Labute approximate surface area is 186 Å². The number of carbonyl (C=O) groups excluding carboxylic acids is 3. The number of urea groups is 1. The highest BCUT2D eigenvalue weighted by Crippen LogP contribution is 2.32. The van der Waals surface area contributed by atoms with Crippen LogP contribution in [-0.4, -0.2) is 53.7 Å². The molecular weight excluding hydrogens is 412 g/mol. The van der Waals surface area contributed by atoms with Crippen LogP contribution in [0.1, 0.15) is 24.5 Å². The third kappa shape index (κ3) is 4.67. The molecule has 168 valence electrons. The largest absolute Gasteiger partial charge is 0.454 e. The molecular formula is C23H26N4O5. The van der Waals surface area contributed by atoms with Crippen LogP contribution in [0.15, 0.2) is 48.5 Å². The first-order valence-corrected chi connectivity index (χ1v) is 10.4. The highest BCUT2D eigenvalue weighted by Gasteiger charge is 2.48. The molecule has 32 heavy (non-hydrogen) atoms. The van der Waals surface area contributed by atoms with Gasteiger partial charge in [0.05, 0.1) is 6.54 Å². The van der Waals surface area contributed by atoms with Crippen molar-refractivity contribution in [1.29, 1.82) is 0 Å². The first-order valence-electron chi connectivity index (χ1n) is 10.4. The number of aryl methyl sites for hydroxylation is 1. The molecule has 1 atom stereocenters. The smallest absolute Gasteiger partial charge is 0.344 e. The van der Waals surface area contributed by atoms with Gasteiger partial charge >= 0.3 is 6.03 Å². The highest BCUT2D eigenvalue weighted by molar-refractivity contribution is 6.07. The lowest BCUT2D eigenvalue weighted by Crippen LogP contribution is -2.51. The molecule has 0 saturated carbocycles. The van der Waals surface area contributed by atoms with E-state index < -0.39 is 23.4 Å². The number of benzene rings is 2. The Morgan fingerprint density at radius 2 is 1.88 bits per heavy atom. The summed E-state index contributed by atoms with van der Waals surface area (Å²) in [6, 6.07) is 14.7. The zero-order valence-electron chi connectivity index (χ0n) is 18.1. The second-order valence-corrected chi connectivity index (χ2v) is 8.28. The molecule has 0 radical (unpaired) electrons. The Kier molecular flexibility index (Phi) is 6.00. The summed E-state index contributed by atoms with van der Waals surface area (Å²) in [5.41, 5.74) is 3.39. The van der Waals surface area contributed by atoms with Gasteiger partial charge in [-0.05, 0) is 50.1 Å². The predicted molar refractivity (Wildman–Crippen MR) is 116 cm³/mol. The van der Waals surface area contributed by atoms with Gasteiger partial charge in [0.25, 0.3) is 11.8 Å². The SMILES string of the molecule is CN(CC(=O)NN1C(=O)N[C@](C)(CCc2ccccc2)C1=O)Cc1ccc2c(c1)OCO2. The fourth-order valence-corrected chi connectivity index (χ4v) is 3.81. The van der Waals surface area contributed by atoms with Gasteiger partial charge in [-0.25, -0.2) is 4.79 Å². The molecule has 0 unspecified atom stereocenters. The molecule has 0 bridgehead atoms. The van der Waals surface area contributed by atoms with Crippen molar-refractivity contribution in [2.75, 3.05) is 20.4 Å². The molecule has 2 aromatic carbocycles. The van der Waals surface area contributed by atoms with Crippen LogP contribution in [0.5, 0.6) is 11.5 Å². The van der Waals surface area contributed by atoms with Gasteiger partial charge in [0.2, 0.25) is 6.79 Å². The van der Waals surface area contributed by atoms with E-state index in [1.165, 1.54) is 0 Å². The Morgan fingerprint density at radius 1 is 1.12 bits per heavy atom. The van der Waals surface area contributed by atoms with Gasteiger partial charge < -0.3 is 14.8 Å². The van der Waals surface area contributed by atoms with E-state index in [0.29, 0.717) is 30.9 Å². The monoisotopic (exact) mass is 438 g/mol. The quantitative estimate of drug-likeness (QED) is 0.610. The fraction of sp³-hybridized carbons (Fsp3) is 0.348. The first kappa shape index (κ1) is 21.6. The molecule has 9 heteroatoms. The zero-order valence-corrected chi connectivity index (χ0v) is 18.1. The Morgan fingerprint density at radius 3 is 2.66 bits per heavy atom. The summed E-state index contributed by atoms with van der Waals surface area (Å²) in [6.07, 6.45) is 1.06. The van der Waals surface area contributed by atoms with Gasteiger partial charge in [0, 0.05) is 6.54 Å². The molecule has 4 rings (SSSR count). The van der Waals surface area contributed by atoms with Crippen LogP contribution >= 0.6 is 0 Å². The maximum absolute atomic E-state index is 12.9. The molecule has 1 fully saturated rings. The van der Waals surface area contributed by atoms with E-state index in [1.807, 2.05) is 48.5 Å². The first-order chi connectivity index (χ1) is 15.3. The average Bonchev–Trinajstić information content (AvgIpc) is 3.31. The number of likely N-dealkylation sites (N-methyl/N-ethyl adjacent to an activating group) is 1. The molecule has 0 aromatic heterocycles. The van der Waals surface area contributed by atoms with Crippen LogP contribution in [0.2, 0.25) is 0 Å². The number of rotatable bonds is 8. The molecule has 4 amide bonds. The Balaban J connectivity index is 1.30. The molecule has 1 saturated heterocycles. The second kappa shape index (κ2) is 8.88. The molecule has 2 aliphatic heterocycles. The van der Waals surface area contributed by atoms with Crippen molar-refractivity contribution in [2.24, 2.45) is 0 Å². The number of hydrazine groups is 1. The number of hydrogen-bond acceptors (Lipinski definition) is 6. The summed E-state index contributed by atoms with van der Waals surface area (Å²) in [5.74, 6) is 0.451. The minimum Gasteiger partial charge on any atom is -0.454 e. The van der Waals surface area contributed by atoms with Crippen molar-refractivity contribution in [3.63, 3.8) is 0 Å². The molecule has 0 aliphatic carbocycles. The average molecular weight is 438 g/mol. The number of imide groups is 1. The lowest BCUT2D eigenvalue weighted by Gasteiger charge is -2.22. The van der Waals surface area contributed by atoms with Crippen molar-refractivity contribution in [3.05, 3.63) is 59.7 Å². The van der Waals surface area contributed by atoms with Crippen LogP contribution in [0.25, 0.3) is 0 Å². The number of amides is 4. The number of ether oxygens (including phenoxy) is 2. The molecule has 2 N–H and O–H groups in total. The van der Waals surface area contributed by atoms with E-state index in [4.69, 9.17) is 9.47 Å². The molecule has 2 aromatic rings. The van der Waals surface area contributed by atoms with E-state index in [0.717, 1.165) is 16.1 Å². The molecule has 2 heterocycles. The maximum atomic E-state index is 12.9. The minimum atomic E-state index is -1.07. The number of nitrogens with zero attached hydrogens (tertiary/aromatic N) is 2. The summed E-state index contributed by atoms with van der Waals surface area (Å²) in [4.78, 5) is 39.5. The fourth-order valence-electron chi connectivity index (χ4n) is 3.81. The predicted octanol–water partition coefficient (Wildman–Crippen LogP) is 1.82. The van der Waals surface area contributed by atoms with E-state index >= 15 is 0 Å². The van der Waals surface area contributed by atoms with Gasteiger partial charge in [-0.2, -0.15) is 5.01 Å². The maximum Gasteiger partial charge on any atom is 0.344 e. The van der Waals surface area contributed by atoms with Gasteiger partial charge in [-0.3, -0.25) is 19.9 Å². The van der Waals surface area contributed by atoms with E-state index in [2.05, 4.69) is 10.7 Å². The van der Waals surface area contributed by atoms with Crippen molar-refractivity contribution < 1.29 is 23.9 Å². The normalized spacial score (nSPS) is 19.4. The van der Waals surface area contributed by atoms with Crippen LogP contribution < -0.4 is 20.2 Å². The lowest BCUT2D eigenvalue weighted by molar-refractivity contribution is -0.139. The van der Waals surface area contributed by atoms with E-state index in [1.54, 1.807) is 18.9 Å². The van der Waals surface area contributed by atoms with Crippen LogP contribution in [0.4, 0.5) is 4.79 Å². The Hall–Kier alpha value is -3.59. The summed E-state index contributed by atoms with van der Waals surface area (Å²) in [7, 11) is 1.78. The summed E-state index contributed by atoms with van der Waals surface area (Å²) in [5, 5.41) is 3.49. The molecule has 0 spiro atoms. The third-order valence-electron chi connectivity index (χ3n) is 5.56. The molecule has 9 nitrogen and oxygen atoms in total. The summed E-state index contributed by atoms with van der Waals surface area (Å²) in [6.45, 7) is 2.37. The van der Waals surface area contributed by atoms with Crippen molar-refractivity contribution in [3.8, 4) is 11.5 Å². The van der Waals surface area contributed by atoms with Crippen molar-refractivity contribution in [2.45, 2.75) is 31.8 Å². The minimum absolute atomic E-state index is 0.00618. The number of hydrogen-bond donors (Lipinski definition) is 2. The van der Waals surface area contributed by atoms with Crippen molar-refractivity contribution >= 4 is 17.8 Å². The second-order valence-electron chi connectivity index (χ2n) is 8.28. The number of nitrogens with one attached hydrogen (secondary N) is 2. The van der Waals surface area contributed by atoms with Gasteiger partial charge in [0.1, 0.15) is 5.54 Å². The highest BCUT2D eigenvalue weighted by atomic mass is 16.7. The molecule has 2 aliphatic rings. The van der Waals surface area contributed by atoms with Gasteiger partial charge in [-0.1, -0.05) is 36.4 Å². The lowest BCUT2D eigenvalue weighted by atomic mass is 9.93. The Bertz CT molecular complexity index is 1030. The van der Waals surface area contributed by atoms with E-state index in [9.17, 15) is 14.4 Å². The third-order valence-corrected chi connectivity index (χ3v) is 5.56. The van der Waals surface area contributed by atoms with Gasteiger partial charge in [0.15, 0.2) is 11.5 Å². The van der Waals surface area contributed by atoms with Crippen molar-refractivity contribution in [1.82, 2.24) is 20.7 Å². The number of fused-ring (bicyclic) bond motifs is 1. The van der Waals surface area contributed by atoms with Gasteiger partial charge in [-0.15, -0.1) is 0 Å². The summed E-state index contributed by atoms with van der Waals surface area (Å²) < 4.78 is 10.7. The number of carbonyl (C=O) groups is 3. The standard InChI is InChI=1S/C23H26N4O5/c1-23(11-10-16-6-4-3-5-7-16)21(29)27(22(30)24-23)25-20(28)14-26(2)13-17-8-9-18-19(12-17)32-15-31-18/h3-9,12H,10-11,13-15H2,1-2H3,(H,24,30)(H,25,28)/t23-/m1/s1. The van der Waals surface area contributed by atoms with Crippen LogP contribution in [0.3, 0.4) is 0 Å². The van der Waals surface area contributed by atoms with Crippen LogP contribution in [0, 0.1) is 0 Å². The van der Waals surface area contributed by atoms with E-state index in [-0.39, 0.29) is 13.3 Å². The topological polar surface area (TPSA) is 100 Å². The summed E-state index contributed by atoms with van der Waals surface area (Å²) >= 11 is 0. The zero-order chi connectivity index (χ0) is 22.7.